The van der Waals surface area contributed by atoms with E-state index in [2.05, 4.69) is 15.8 Å². The van der Waals surface area contributed by atoms with Crippen molar-refractivity contribution in [2.24, 2.45) is 5.92 Å². The number of hydrogen-bond donors (Lipinski definition) is 2. The van der Waals surface area contributed by atoms with E-state index in [0.29, 0.717) is 23.2 Å². The topological polar surface area (TPSA) is 67.2 Å². The van der Waals surface area contributed by atoms with E-state index >= 15 is 0 Å². The molecule has 5 nitrogen and oxygen atoms in total. The van der Waals surface area contributed by atoms with Crippen molar-refractivity contribution in [2.75, 3.05) is 0 Å². The molecule has 2 N–H and O–H groups in total. The molecule has 33 heavy (non-hydrogen) atoms. The fourth-order valence-electron chi connectivity index (χ4n) is 3.11. The standard InChI is InChI=1S/C24H25F4N3O2/c1-14(2)15(3)30-23(32)21-20(13-29-12-16-5-4-6-19(25)11-16)22(33-31-21)17-7-9-18(10-8-17)24(26,27)28/h4-11,14-15,29H,12-13H2,1-3H3,(H,30,32). The largest absolute Gasteiger partial charge is 0.416 e. The maximum atomic E-state index is 13.4. The summed E-state index contributed by atoms with van der Waals surface area (Å²) >= 11 is 0. The average Bonchev–Trinajstić information content (AvgIpc) is 3.17. The van der Waals surface area contributed by atoms with Gasteiger partial charge in [0.2, 0.25) is 0 Å². The van der Waals surface area contributed by atoms with Crippen LogP contribution in [0.15, 0.2) is 53.1 Å². The van der Waals surface area contributed by atoms with Crippen molar-refractivity contribution < 1.29 is 26.9 Å². The molecule has 0 aliphatic carbocycles. The Morgan fingerprint density at radius 3 is 2.36 bits per heavy atom. The molecule has 0 saturated heterocycles. The number of benzene rings is 2. The van der Waals surface area contributed by atoms with Gasteiger partial charge in [0.05, 0.1) is 5.56 Å². The molecule has 0 saturated carbocycles. The van der Waals surface area contributed by atoms with Crippen molar-refractivity contribution in [3.8, 4) is 11.3 Å². The lowest BCUT2D eigenvalue weighted by atomic mass is 10.0. The van der Waals surface area contributed by atoms with E-state index in [4.69, 9.17) is 4.52 Å². The first-order valence-electron chi connectivity index (χ1n) is 10.5. The molecular formula is C24H25F4N3O2. The Kier molecular flexibility index (Phi) is 7.53. The first-order valence-corrected chi connectivity index (χ1v) is 10.5. The Bertz CT molecular complexity index is 1090. The van der Waals surface area contributed by atoms with E-state index in [1.165, 1.54) is 24.3 Å². The molecule has 0 aliphatic heterocycles. The Labute approximate surface area is 189 Å². The highest BCUT2D eigenvalue weighted by atomic mass is 19.4. The minimum Gasteiger partial charge on any atom is -0.355 e. The lowest BCUT2D eigenvalue weighted by Crippen LogP contribution is -2.37. The maximum absolute atomic E-state index is 13.4. The molecule has 0 fully saturated rings. The molecule has 0 bridgehead atoms. The molecule has 176 valence electrons. The Morgan fingerprint density at radius 2 is 1.76 bits per heavy atom. The van der Waals surface area contributed by atoms with Crippen LogP contribution in [0.4, 0.5) is 17.6 Å². The van der Waals surface area contributed by atoms with Gasteiger partial charge >= 0.3 is 6.18 Å². The van der Waals surface area contributed by atoms with Crippen molar-refractivity contribution in [1.82, 2.24) is 15.8 Å². The fraction of sp³-hybridized carbons (Fsp3) is 0.333. The molecule has 1 heterocycles. The number of amides is 1. The second-order valence-corrected chi connectivity index (χ2v) is 8.15. The number of carbonyl (C=O) groups excluding carboxylic acids is 1. The monoisotopic (exact) mass is 463 g/mol. The molecule has 0 spiro atoms. The molecule has 3 rings (SSSR count). The second kappa shape index (κ2) is 10.2. The van der Waals surface area contributed by atoms with Gasteiger partial charge in [0.25, 0.3) is 5.91 Å². The molecule has 1 amide bonds. The molecular weight excluding hydrogens is 438 g/mol. The third kappa shape index (κ3) is 6.19. The molecule has 0 aliphatic rings. The van der Waals surface area contributed by atoms with Crippen LogP contribution in [0.1, 0.15) is 48.0 Å². The quantitative estimate of drug-likeness (QED) is 0.429. The van der Waals surface area contributed by atoms with Crippen LogP contribution in [-0.4, -0.2) is 17.1 Å². The summed E-state index contributed by atoms with van der Waals surface area (Å²) in [6.45, 7) is 6.22. The molecule has 2 aromatic carbocycles. The predicted octanol–water partition coefficient (Wildman–Crippen LogP) is 5.56. The van der Waals surface area contributed by atoms with Gasteiger partial charge in [-0.25, -0.2) is 4.39 Å². The normalized spacial score (nSPS) is 12.7. The summed E-state index contributed by atoms with van der Waals surface area (Å²) < 4.78 is 57.6. The fourth-order valence-corrected chi connectivity index (χ4v) is 3.11. The van der Waals surface area contributed by atoms with Gasteiger partial charge in [-0.1, -0.05) is 43.3 Å². The number of halogens is 4. The van der Waals surface area contributed by atoms with Gasteiger partial charge in [0, 0.05) is 30.3 Å². The maximum Gasteiger partial charge on any atom is 0.416 e. The van der Waals surface area contributed by atoms with Crippen molar-refractivity contribution in [2.45, 2.75) is 46.1 Å². The summed E-state index contributed by atoms with van der Waals surface area (Å²) in [7, 11) is 0. The van der Waals surface area contributed by atoms with Crippen LogP contribution in [0, 0.1) is 11.7 Å². The number of hydrogen-bond acceptors (Lipinski definition) is 4. The minimum atomic E-state index is -4.46. The summed E-state index contributed by atoms with van der Waals surface area (Å²) in [6.07, 6.45) is -4.46. The van der Waals surface area contributed by atoms with Gasteiger partial charge in [-0.05, 0) is 42.7 Å². The van der Waals surface area contributed by atoms with E-state index in [1.807, 2.05) is 20.8 Å². The molecule has 9 heteroatoms. The molecule has 1 atom stereocenters. The van der Waals surface area contributed by atoms with Crippen LogP contribution in [0.3, 0.4) is 0 Å². The zero-order chi connectivity index (χ0) is 24.2. The lowest BCUT2D eigenvalue weighted by molar-refractivity contribution is -0.137. The van der Waals surface area contributed by atoms with E-state index < -0.39 is 17.6 Å². The minimum absolute atomic E-state index is 0.0455. The predicted molar refractivity (Wildman–Crippen MR) is 116 cm³/mol. The van der Waals surface area contributed by atoms with E-state index in [-0.39, 0.29) is 35.8 Å². The summed E-state index contributed by atoms with van der Waals surface area (Å²) in [5.41, 5.74) is 0.708. The third-order valence-corrected chi connectivity index (χ3v) is 5.36. The van der Waals surface area contributed by atoms with E-state index in [9.17, 15) is 22.4 Å². The smallest absolute Gasteiger partial charge is 0.355 e. The number of nitrogens with one attached hydrogen (secondary N) is 2. The Hall–Kier alpha value is -3.20. The van der Waals surface area contributed by atoms with Crippen molar-refractivity contribution >= 4 is 5.91 Å². The highest BCUT2D eigenvalue weighted by molar-refractivity contribution is 5.95. The SMILES string of the molecule is CC(C)C(C)NC(=O)c1noc(-c2ccc(C(F)(F)F)cc2)c1CNCc1cccc(F)c1. The molecule has 1 aromatic heterocycles. The van der Waals surface area contributed by atoms with Gasteiger partial charge in [0.1, 0.15) is 5.82 Å². The Morgan fingerprint density at radius 1 is 1.06 bits per heavy atom. The van der Waals surface area contributed by atoms with Gasteiger partial charge in [0.15, 0.2) is 11.5 Å². The molecule has 3 aromatic rings. The van der Waals surface area contributed by atoms with Crippen molar-refractivity contribution in [3.05, 3.63) is 76.7 Å². The summed E-state index contributed by atoms with van der Waals surface area (Å²) in [5, 5.41) is 9.89. The van der Waals surface area contributed by atoms with E-state index in [1.54, 1.807) is 12.1 Å². The summed E-state index contributed by atoms with van der Waals surface area (Å²) in [5.74, 6) is -0.435. The van der Waals surface area contributed by atoms with Crippen molar-refractivity contribution in [3.63, 3.8) is 0 Å². The average molecular weight is 463 g/mol. The van der Waals surface area contributed by atoms with Gasteiger partial charge < -0.3 is 15.2 Å². The van der Waals surface area contributed by atoms with Crippen LogP contribution < -0.4 is 10.6 Å². The first-order chi connectivity index (χ1) is 15.6. The molecule has 1 unspecified atom stereocenters. The second-order valence-electron chi connectivity index (χ2n) is 8.15. The first kappa shape index (κ1) is 24.4. The van der Waals surface area contributed by atoms with Gasteiger partial charge in [-0.2, -0.15) is 13.2 Å². The number of rotatable bonds is 8. The summed E-state index contributed by atoms with van der Waals surface area (Å²) in [4.78, 5) is 12.8. The van der Waals surface area contributed by atoms with Gasteiger partial charge in [-0.3, -0.25) is 4.79 Å². The highest BCUT2D eigenvalue weighted by Crippen LogP contribution is 2.32. The van der Waals surface area contributed by atoms with Crippen LogP contribution >= 0.6 is 0 Å². The zero-order valence-corrected chi connectivity index (χ0v) is 18.5. The van der Waals surface area contributed by atoms with Crippen LogP contribution in [0.2, 0.25) is 0 Å². The highest BCUT2D eigenvalue weighted by Gasteiger charge is 2.31. The number of carbonyl (C=O) groups is 1. The van der Waals surface area contributed by atoms with Gasteiger partial charge in [-0.15, -0.1) is 0 Å². The lowest BCUT2D eigenvalue weighted by Gasteiger charge is -2.17. The zero-order valence-electron chi connectivity index (χ0n) is 18.5. The number of alkyl halides is 3. The van der Waals surface area contributed by atoms with Crippen LogP contribution in [0.5, 0.6) is 0 Å². The van der Waals surface area contributed by atoms with Crippen molar-refractivity contribution in [1.29, 1.82) is 0 Å². The van der Waals surface area contributed by atoms with Crippen LogP contribution in [0.25, 0.3) is 11.3 Å². The summed E-state index contributed by atoms with van der Waals surface area (Å²) in [6, 6.07) is 10.4. The number of aromatic nitrogens is 1. The number of nitrogens with zero attached hydrogens (tertiary/aromatic N) is 1. The third-order valence-electron chi connectivity index (χ3n) is 5.36. The molecule has 0 radical (unpaired) electrons. The van der Waals surface area contributed by atoms with Crippen LogP contribution in [-0.2, 0) is 19.3 Å². The van der Waals surface area contributed by atoms with E-state index in [0.717, 1.165) is 12.1 Å². The Balaban J connectivity index is 1.88.